The van der Waals surface area contributed by atoms with E-state index >= 15 is 0 Å². The number of aromatic nitrogens is 3. The van der Waals surface area contributed by atoms with Gasteiger partial charge in [0.1, 0.15) is 5.82 Å². The Kier molecular flexibility index (Phi) is 5.36. The molecule has 1 aliphatic heterocycles. The van der Waals surface area contributed by atoms with E-state index in [-0.39, 0.29) is 0 Å². The number of hydrogen-bond acceptors (Lipinski definition) is 4. The monoisotopic (exact) mass is 294 g/mol. The number of aryl methyl sites for hydroxylation is 1. The molecule has 0 spiro atoms. The van der Waals surface area contributed by atoms with Gasteiger partial charge >= 0.3 is 0 Å². The van der Waals surface area contributed by atoms with E-state index in [1.54, 1.807) is 0 Å². The molecule has 1 N–H and O–H groups in total. The second-order valence-corrected chi connectivity index (χ2v) is 7.13. The lowest BCUT2D eigenvalue weighted by Crippen LogP contribution is -2.23. The predicted octanol–water partition coefficient (Wildman–Crippen LogP) is 2.88. The first kappa shape index (κ1) is 14.4. The molecule has 0 aromatic carbocycles. The third kappa shape index (κ3) is 3.76. The number of nitrogens with one attached hydrogen (secondary N) is 1. The third-order valence-electron chi connectivity index (χ3n) is 4.49. The van der Waals surface area contributed by atoms with Gasteiger partial charge in [-0.05, 0) is 38.1 Å². The van der Waals surface area contributed by atoms with Crippen LogP contribution in [0.25, 0.3) is 0 Å². The zero-order chi connectivity index (χ0) is 13.6. The molecule has 112 valence electrons. The van der Waals surface area contributed by atoms with Crippen LogP contribution in [0.4, 0.5) is 0 Å². The molecular formula is C15H26N4S. The highest BCUT2D eigenvalue weighted by molar-refractivity contribution is 7.99. The minimum atomic E-state index is 0.935. The first-order valence-corrected chi connectivity index (χ1v) is 9.17. The van der Waals surface area contributed by atoms with Crippen molar-refractivity contribution in [2.45, 2.75) is 63.1 Å². The van der Waals surface area contributed by atoms with Gasteiger partial charge in [0.15, 0.2) is 5.16 Å². The standard InChI is InChI=1S/C15H26N4S/c1-2-8-14-17-18-15(19(14)10-5-1)20-11-9-16-12-13-6-3-4-7-13/h13,16H,1-12H2. The maximum absolute atomic E-state index is 4.36. The second-order valence-electron chi connectivity index (χ2n) is 6.06. The van der Waals surface area contributed by atoms with Gasteiger partial charge in [-0.2, -0.15) is 0 Å². The summed E-state index contributed by atoms with van der Waals surface area (Å²) in [5.41, 5.74) is 0. The van der Waals surface area contributed by atoms with Crippen LogP contribution in [0.2, 0.25) is 0 Å². The van der Waals surface area contributed by atoms with Crippen molar-refractivity contribution in [3.8, 4) is 0 Å². The normalized spacial score (nSPS) is 20.0. The van der Waals surface area contributed by atoms with Gasteiger partial charge in [0.2, 0.25) is 0 Å². The highest BCUT2D eigenvalue weighted by atomic mass is 32.2. The predicted molar refractivity (Wildman–Crippen MR) is 83.1 cm³/mol. The van der Waals surface area contributed by atoms with E-state index in [1.807, 2.05) is 11.8 Å². The lowest BCUT2D eigenvalue weighted by molar-refractivity contribution is 0.499. The Labute approximate surface area is 126 Å². The third-order valence-corrected chi connectivity index (χ3v) is 5.46. The van der Waals surface area contributed by atoms with Crippen LogP contribution in [0, 0.1) is 5.92 Å². The minimum absolute atomic E-state index is 0.935. The summed E-state index contributed by atoms with van der Waals surface area (Å²) in [7, 11) is 0. The average Bonchev–Trinajstić information content (AvgIpc) is 3.04. The Morgan fingerprint density at radius 1 is 1.10 bits per heavy atom. The molecule has 20 heavy (non-hydrogen) atoms. The molecule has 1 fully saturated rings. The molecule has 1 aliphatic carbocycles. The van der Waals surface area contributed by atoms with Crippen molar-refractivity contribution in [3.63, 3.8) is 0 Å². The Morgan fingerprint density at radius 3 is 2.90 bits per heavy atom. The molecule has 1 saturated carbocycles. The SMILES string of the molecule is C1CCc2nnc(SCCNCC3CCCC3)n2CC1. The van der Waals surface area contributed by atoms with E-state index in [9.17, 15) is 0 Å². The molecule has 5 heteroatoms. The molecule has 2 aliphatic rings. The Hall–Kier alpha value is -0.550. The van der Waals surface area contributed by atoms with Crippen LogP contribution < -0.4 is 5.32 Å². The number of fused-ring (bicyclic) bond motifs is 1. The molecule has 0 amide bonds. The molecule has 0 unspecified atom stereocenters. The quantitative estimate of drug-likeness (QED) is 0.647. The van der Waals surface area contributed by atoms with Crippen LogP contribution in [0.5, 0.6) is 0 Å². The van der Waals surface area contributed by atoms with Gasteiger partial charge in [0, 0.05) is 25.3 Å². The summed E-state index contributed by atoms with van der Waals surface area (Å²) in [5, 5.41) is 13.4. The van der Waals surface area contributed by atoms with Gasteiger partial charge < -0.3 is 9.88 Å². The summed E-state index contributed by atoms with van der Waals surface area (Å²) in [4.78, 5) is 0. The lowest BCUT2D eigenvalue weighted by atomic mass is 10.1. The molecule has 0 atom stereocenters. The summed E-state index contributed by atoms with van der Waals surface area (Å²) in [6.07, 6.45) is 10.7. The van der Waals surface area contributed by atoms with E-state index in [1.165, 1.54) is 57.3 Å². The Bertz CT molecular complexity index is 412. The summed E-state index contributed by atoms with van der Waals surface area (Å²) in [5.74, 6) is 3.23. The number of rotatable bonds is 6. The van der Waals surface area contributed by atoms with Crippen molar-refractivity contribution < 1.29 is 0 Å². The van der Waals surface area contributed by atoms with Crippen molar-refractivity contribution in [1.29, 1.82) is 0 Å². The van der Waals surface area contributed by atoms with Crippen molar-refractivity contribution >= 4 is 11.8 Å². The molecule has 0 saturated heterocycles. The highest BCUT2D eigenvalue weighted by Crippen LogP contribution is 2.24. The Balaban J connectivity index is 1.39. The van der Waals surface area contributed by atoms with Crippen molar-refractivity contribution in [1.82, 2.24) is 20.1 Å². The zero-order valence-corrected chi connectivity index (χ0v) is 13.1. The molecule has 4 nitrogen and oxygen atoms in total. The van der Waals surface area contributed by atoms with Crippen molar-refractivity contribution in [2.75, 3.05) is 18.8 Å². The minimum Gasteiger partial charge on any atom is -0.316 e. The summed E-state index contributed by atoms with van der Waals surface area (Å²) >= 11 is 1.86. The van der Waals surface area contributed by atoms with Gasteiger partial charge in [-0.15, -0.1) is 10.2 Å². The molecule has 0 bridgehead atoms. The van der Waals surface area contributed by atoms with Gasteiger partial charge in [-0.3, -0.25) is 0 Å². The summed E-state index contributed by atoms with van der Waals surface area (Å²) < 4.78 is 2.34. The zero-order valence-electron chi connectivity index (χ0n) is 12.3. The smallest absolute Gasteiger partial charge is 0.191 e. The first-order chi connectivity index (χ1) is 9.93. The van der Waals surface area contributed by atoms with Crippen LogP contribution in [0.1, 0.15) is 50.8 Å². The Morgan fingerprint density at radius 2 is 2.00 bits per heavy atom. The fourth-order valence-corrected chi connectivity index (χ4v) is 4.18. The first-order valence-electron chi connectivity index (χ1n) is 8.19. The second kappa shape index (κ2) is 7.46. The van der Waals surface area contributed by atoms with E-state index in [0.29, 0.717) is 0 Å². The van der Waals surface area contributed by atoms with Crippen LogP contribution in [-0.2, 0) is 13.0 Å². The highest BCUT2D eigenvalue weighted by Gasteiger charge is 2.15. The molecule has 3 rings (SSSR count). The van der Waals surface area contributed by atoms with Crippen molar-refractivity contribution in [3.05, 3.63) is 5.82 Å². The fraction of sp³-hybridized carbons (Fsp3) is 0.867. The van der Waals surface area contributed by atoms with Crippen LogP contribution in [-0.4, -0.2) is 33.6 Å². The largest absolute Gasteiger partial charge is 0.316 e. The van der Waals surface area contributed by atoms with Crippen LogP contribution >= 0.6 is 11.8 Å². The summed E-state index contributed by atoms with van der Waals surface area (Å²) in [6.45, 7) is 3.40. The van der Waals surface area contributed by atoms with E-state index < -0.39 is 0 Å². The molecule has 1 aromatic rings. The van der Waals surface area contributed by atoms with E-state index in [0.717, 1.165) is 36.3 Å². The maximum atomic E-state index is 4.36. The van der Waals surface area contributed by atoms with E-state index in [2.05, 4.69) is 20.1 Å². The van der Waals surface area contributed by atoms with Crippen LogP contribution in [0.15, 0.2) is 5.16 Å². The molecule has 2 heterocycles. The molecule has 1 aromatic heterocycles. The topological polar surface area (TPSA) is 42.7 Å². The van der Waals surface area contributed by atoms with Crippen molar-refractivity contribution in [2.24, 2.45) is 5.92 Å². The molecular weight excluding hydrogens is 268 g/mol. The van der Waals surface area contributed by atoms with Gasteiger partial charge in [0.05, 0.1) is 0 Å². The van der Waals surface area contributed by atoms with Gasteiger partial charge in [0.25, 0.3) is 0 Å². The fourth-order valence-electron chi connectivity index (χ4n) is 3.30. The summed E-state index contributed by atoms with van der Waals surface area (Å²) in [6, 6.07) is 0. The maximum Gasteiger partial charge on any atom is 0.191 e. The lowest BCUT2D eigenvalue weighted by Gasteiger charge is -2.10. The molecule has 0 radical (unpaired) electrons. The van der Waals surface area contributed by atoms with Gasteiger partial charge in [-0.1, -0.05) is 31.0 Å². The number of nitrogens with zero attached hydrogens (tertiary/aromatic N) is 3. The average molecular weight is 294 g/mol. The number of thioether (sulfide) groups is 1. The van der Waals surface area contributed by atoms with Crippen LogP contribution in [0.3, 0.4) is 0 Å². The van der Waals surface area contributed by atoms with Gasteiger partial charge in [-0.25, -0.2) is 0 Å². The van der Waals surface area contributed by atoms with E-state index in [4.69, 9.17) is 0 Å². The number of hydrogen-bond donors (Lipinski definition) is 1.